The van der Waals surface area contributed by atoms with Gasteiger partial charge in [0, 0.05) is 13.2 Å². The van der Waals surface area contributed by atoms with E-state index < -0.39 is 13.7 Å². The number of nitrogens with zero attached hydrogens (tertiary/aromatic N) is 1. The molecule has 1 rings (SSSR count). The molecular weight excluding hydrogens is 195 g/mol. The van der Waals surface area contributed by atoms with Crippen LogP contribution in [0.3, 0.4) is 0 Å². The molecule has 1 heterocycles. The number of aryl methyl sites for hydroxylation is 1. The van der Waals surface area contributed by atoms with Crippen molar-refractivity contribution >= 4 is 13.7 Å². The first-order chi connectivity index (χ1) is 5.90. The second kappa shape index (κ2) is 3.33. The number of carbonyl (C=O) groups is 1. The molecule has 0 spiro atoms. The highest BCUT2D eigenvalue weighted by Crippen LogP contribution is 2.28. The molecular formula is C6H9N2O4P. The number of amides is 1. The lowest BCUT2D eigenvalue weighted by atomic mass is 10.4. The summed E-state index contributed by atoms with van der Waals surface area (Å²) in [4.78, 5) is 28.0. The second-order valence-electron chi connectivity index (χ2n) is 2.49. The molecule has 0 radical (unpaired) electrons. The van der Waals surface area contributed by atoms with E-state index >= 15 is 0 Å². The van der Waals surface area contributed by atoms with Gasteiger partial charge in [-0.05, 0) is 12.1 Å². The van der Waals surface area contributed by atoms with Crippen molar-refractivity contribution in [3.05, 3.63) is 24.0 Å². The van der Waals surface area contributed by atoms with E-state index in [9.17, 15) is 9.36 Å². The zero-order valence-corrected chi connectivity index (χ0v) is 7.73. The van der Waals surface area contributed by atoms with E-state index in [4.69, 9.17) is 9.79 Å². The Kier molecular flexibility index (Phi) is 2.56. The Morgan fingerprint density at radius 2 is 2.23 bits per heavy atom. The van der Waals surface area contributed by atoms with E-state index in [1.807, 2.05) is 0 Å². The van der Waals surface area contributed by atoms with Crippen LogP contribution >= 0.6 is 7.75 Å². The summed E-state index contributed by atoms with van der Waals surface area (Å²) in [6.07, 6.45) is 1.61. The molecule has 0 aliphatic rings. The van der Waals surface area contributed by atoms with Gasteiger partial charge in [-0.15, -0.1) is 0 Å². The van der Waals surface area contributed by atoms with Gasteiger partial charge < -0.3 is 14.4 Å². The van der Waals surface area contributed by atoms with Crippen molar-refractivity contribution in [2.45, 2.75) is 0 Å². The number of rotatable bonds is 2. The minimum absolute atomic E-state index is 0.198. The first-order valence-corrected chi connectivity index (χ1v) is 5.01. The van der Waals surface area contributed by atoms with E-state index in [2.05, 4.69) is 0 Å². The fourth-order valence-corrected chi connectivity index (χ4v) is 1.27. The van der Waals surface area contributed by atoms with Crippen molar-refractivity contribution in [1.29, 1.82) is 0 Å². The zero-order chi connectivity index (χ0) is 10.1. The Morgan fingerprint density at radius 1 is 1.62 bits per heavy atom. The number of hydrogen-bond acceptors (Lipinski definition) is 2. The highest BCUT2D eigenvalue weighted by molar-refractivity contribution is 7.50. The monoisotopic (exact) mass is 204 g/mol. The smallest absolute Gasteiger partial charge is 0.347 e. The number of carbonyl (C=O) groups excluding carboxylic acids is 1. The molecule has 6 nitrogen and oxygen atoms in total. The average Bonchev–Trinajstić information content (AvgIpc) is 2.30. The molecule has 0 aliphatic carbocycles. The van der Waals surface area contributed by atoms with E-state index in [1.165, 1.54) is 10.6 Å². The Balaban J connectivity index is 2.82. The quantitative estimate of drug-likeness (QED) is 0.584. The van der Waals surface area contributed by atoms with E-state index in [0.29, 0.717) is 0 Å². The maximum atomic E-state index is 11.1. The Hall–Kier alpha value is -1.10. The van der Waals surface area contributed by atoms with Crippen LogP contribution in [0.25, 0.3) is 0 Å². The van der Waals surface area contributed by atoms with Crippen LogP contribution in [0.15, 0.2) is 18.3 Å². The van der Waals surface area contributed by atoms with Gasteiger partial charge in [0.2, 0.25) is 0 Å². The highest BCUT2D eigenvalue weighted by Gasteiger charge is 2.19. The minimum atomic E-state index is -4.50. The summed E-state index contributed by atoms with van der Waals surface area (Å²) >= 11 is 0. The van der Waals surface area contributed by atoms with Crippen LogP contribution in [0, 0.1) is 0 Å². The third-order valence-corrected chi connectivity index (χ3v) is 1.92. The Labute approximate surface area is 74.4 Å². The number of nitrogens with one attached hydrogen (secondary N) is 1. The third kappa shape index (κ3) is 2.69. The maximum absolute atomic E-state index is 11.1. The summed E-state index contributed by atoms with van der Waals surface area (Å²) in [5.41, 5.74) is 0.198. The van der Waals surface area contributed by atoms with Crippen LogP contribution in [0.1, 0.15) is 10.5 Å². The molecule has 0 aliphatic heterocycles. The Morgan fingerprint density at radius 3 is 2.62 bits per heavy atom. The summed E-state index contributed by atoms with van der Waals surface area (Å²) in [7, 11) is -2.89. The molecule has 7 heteroatoms. The largest absolute Gasteiger partial charge is 0.430 e. The first kappa shape index (κ1) is 9.98. The predicted octanol–water partition coefficient (Wildman–Crippen LogP) is -0.152. The van der Waals surface area contributed by atoms with E-state index in [0.717, 1.165) is 0 Å². The molecule has 0 saturated heterocycles. The van der Waals surface area contributed by atoms with Crippen LogP contribution in [0.4, 0.5) is 0 Å². The molecule has 0 aromatic carbocycles. The standard InChI is InChI=1S/C6H9N2O4P/c1-8-4-2-3-5(8)6(9)7-13(10,11)12/h2-4H,1H3,(H3,7,9,10,11,12). The average molecular weight is 204 g/mol. The molecule has 72 valence electrons. The topological polar surface area (TPSA) is 91.6 Å². The van der Waals surface area contributed by atoms with Gasteiger partial charge >= 0.3 is 7.75 Å². The van der Waals surface area contributed by atoms with Crippen molar-refractivity contribution < 1.29 is 19.1 Å². The Bertz CT molecular complexity index is 366. The van der Waals surface area contributed by atoms with E-state index in [-0.39, 0.29) is 5.69 Å². The molecule has 1 aromatic heterocycles. The molecule has 0 bridgehead atoms. The normalized spacial score (nSPS) is 11.3. The molecule has 0 saturated carbocycles. The summed E-state index contributed by atoms with van der Waals surface area (Å²) in [5.74, 6) is -0.791. The van der Waals surface area contributed by atoms with Gasteiger partial charge in [0.1, 0.15) is 5.69 Å². The van der Waals surface area contributed by atoms with Gasteiger partial charge in [-0.1, -0.05) is 0 Å². The SMILES string of the molecule is Cn1cccc1C(=O)NP(=O)(O)O. The van der Waals surface area contributed by atoms with Gasteiger partial charge in [0.25, 0.3) is 5.91 Å². The lowest BCUT2D eigenvalue weighted by Gasteiger charge is -2.06. The van der Waals surface area contributed by atoms with E-state index in [1.54, 1.807) is 24.4 Å². The van der Waals surface area contributed by atoms with Crippen LogP contribution in [0.2, 0.25) is 0 Å². The van der Waals surface area contributed by atoms with Crippen molar-refractivity contribution in [2.75, 3.05) is 0 Å². The fourth-order valence-electron chi connectivity index (χ4n) is 0.887. The van der Waals surface area contributed by atoms with Gasteiger partial charge in [0.05, 0.1) is 0 Å². The van der Waals surface area contributed by atoms with Crippen LogP contribution in [-0.4, -0.2) is 20.3 Å². The zero-order valence-electron chi connectivity index (χ0n) is 6.84. The molecule has 3 N–H and O–H groups in total. The first-order valence-electron chi connectivity index (χ1n) is 3.39. The lowest BCUT2D eigenvalue weighted by molar-refractivity contribution is 0.0964. The fraction of sp³-hybridized carbons (Fsp3) is 0.167. The second-order valence-corrected chi connectivity index (χ2v) is 3.80. The third-order valence-electron chi connectivity index (χ3n) is 1.42. The molecule has 0 atom stereocenters. The molecule has 1 aromatic rings. The van der Waals surface area contributed by atoms with Crippen molar-refractivity contribution in [3.8, 4) is 0 Å². The molecule has 1 amide bonds. The predicted molar refractivity (Wildman–Crippen MR) is 44.9 cm³/mol. The van der Waals surface area contributed by atoms with Gasteiger partial charge in [0.15, 0.2) is 0 Å². The van der Waals surface area contributed by atoms with Gasteiger partial charge in [-0.25, -0.2) is 4.57 Å². The number of hydrogen-bond donors (Lipinski definition) is 3. The molecule has 0 fully saturated rings. The molecule has 0 unspecified atom stereocenters. The van der Waals surface area contributed by atoms with Crippen LogP contribution in [-0.2, 0) is 11.6 Å². The summed E-state index contributed by atoms with van der Waals surface area (Å²) in [6, 6.07) is 3.07. The van der Waals surface area contributed by atoms with Crippen molar-refractivity contribution in [2.24, 2.45) is 7.05 Å². The number of aromatic nitrogens is 1. The minimum Gasteiger partial charge on any atom is -0.347 e. The highest BCUT2D eigenvalue weighted by atomic mass is 31.2. The lowest BCUT2D eigenvalue weighted by Crippen LogP contribution is -2.22. The van der Waals surface area contributed by atoms with Crippen LogP contribution < -0.4 is 5.09 Å². The maximum Gasteiger partial charge on any atom is 0.430 e. The van der Waals surface area contributed by atoms with Gasteiger partial charge in [-0.3, -0.25) is 9.88 Å². The molecule has 13 heavy (non-hydrogen) atoms. The van der Waals surface area contributed by atoms with Gasteiger partial charge in [-0.2, -0.15) is 0 Å². The summed E-state index contributed by atoms with van der Waals surface area (Å²) in [6.45, 7) is 0. The van der Waals surface area contributed by atoms with Crippen LogP contribution in [0.5, 0.6) is 0 Å². The van der Waals surface area contributed by atoms with Crippen molar-refractivity contribution in [1.82, 2.24) is 9.65 Å². The van der Waals surface area contributed by atoms with Crippen molar-refractivity contribution in [3.63, 3.8) is 0 Å². The summed E-state index contributed by atoms with van der Waals surface area (Å²) < 4.78 is 11.9. The summed E-state index contributed by atoms with van der Waals surface area (Å²) in [5, 5.41) is 1.57.